The first kappa shape index (κ1) is 25.5. The molecule has 1 aliphatic rings. The summed E-state index contributed by atoms with van der Waals surface area (Å²) >= 11 is 3.58. The first-order valence-electron chi connectivity index (χ1n) is 11.9. The van der Waals surface area contributed by atoms with Gasteiger partial charge in [-0.3, -0.25) is 0 Å². The average Bonchev–Trinajstić information content (AvgIpc) is 2.78. The number of allylic oxidation sites excluding steroid dienone is 4. The first-order chi connectivity index (χ1) is 16.6. The fourth-order valence-electron chi connectivity index (χ4n) is 5.16. The molecule has 0 aromatic heterocycles. The van der Waals surface area contributed by atoms with Gasteiger partial charge in [0.05, 0.1) is 0 Å². The van der Waals surface area contributed by atoms with Crippen molar-refractivity contribution in [2.24, 2.45) is 11.8 Å². The standard InChI is InChI=1S/C31H29BrF3/c1-17(2)26-28(21-7-6-8-22(32)16-21)29(20-9-11-23(33)12-10-20)31(35)27(18(3)4)30(26)25-14-13-24(34)15-19(25)5/h6-18,28H,1-5H3. The van der Waals surface area contributed by atoms with E-state index in [1.165, 1.54) is 24.3 Å². The van der Waals surface area contributed by atoms with Gasteiger partial charge in [-0.05, 0) is 88.6 Å². The summed E-state index contributed by atoms with van der Waals surface area (Å²) in [4.78, 5) is 0. The molecule has 0 heterocycles. The third-order valence-corrected chi connectivity index (χ3v) is 7.12. The van der Waals surface area contributed by atoms with Crippen LogP contribution in [-0.2, 0) is 0 Å². The van der Waals surface area contributed by atoms with Gasteiger partial charge in [-0.15, -0.1) is 0 Å². The number of benzene rings is 3. The molecule has 3 aromatic carbocycles. The van der Waals surface area contributed by atoms with Crippen LogP contribution >= 0.6 is 15.9 Å². The zero-order valence-electron chi connectivity index (χ0n) is 20.6. The number of aryl methyl sites for hydroxylation is 1. The summed E-state index contributed by atoms with van der Waals surface area (Å²) in [5.41, 5.74) is 5.20. The second-order valence-corrected chi connectivity index (χ2v) is 10.7. The third kappa shape index (κ3) is 4.91. The van der Waals surface area contributed by atoms with E-state index in [-0.39, 0.29) is 35.2 Å². The number of hydrogen-bond acceptors (Lipinski definition) is 0. The van der Waals surface area contributed by atoms with Crippen LogP contribution in [-0.4, -0.2) is 0 Å². The molecule has 1 unspecified atom stereocenters. The van der Waals surface area contributed by atoms with E-state index in [1.807, 2.05) is 45.0 Å². The summed E-state index contributed by atoms with van der Waals surface area (Å²) < 4.78 is 45.6. The Kier molecular flexibility index (Phi) is 7.42. The second kappa shape index (κ2) is 10.2. The minimum absolute atomic E-state index is 0.0655. The molecular formula is C31H29BrF3. The highest BCUT2D eigenvalue weighted by atomic mass is 79.9. The predicted octanol–water partition coefficient (Wildman–Crippen LogP) is 9.85. The SMILES string of the molecule is Cc1cc(F)ccc1C1=C(C(C)C)C(F)=C(c2ccc(F)cc2)C(c2cccc(Br)c2)[C]1C(C)C. The Morgan fingerprint density at radius 2 is 1.43 bits per heavy atom. The van der Waals surface area contributed by atoms with Crippen LogP contribution < -0.4 is 0 Å². The maximum absolute atomic E-state index is 16.8. The van der Waals surface area contributed by atoms with Gasteiger partial charge < -0.3 is 0 Å². The normalized spacial score (nSPS) is 17.2. The van der Waals surface area contributed by atoms with Gasteiger partial charge in [-0.2, -0.15) is 0 Å². The molecule has 0 saturated heterocycles. The molecule has 0 bridgehead atoms. The summed E-state index contributed by atoms with van der Waals surface area (Å²) in [7, 11) is 0. The molecule has 0 fully saturated rings. The van der Waals surface area contributed by atoms with Crippen molar-refractivity contribution < 1.29 is 13.2 Å². The van der Waals surface area contributed by atoms with Crippen molar-refractivity contribution in [1.29, 1.82) is 0 Å². The van der Waals surface area contributed by atoms with Crippen LogP contribution in [0.25, 0.3) is 11.1 Å². The van der Waals surface area contributed by atoms with Crippen molar-refractivity contribution in [2.75, 3.05) is 0 Å². The van der Waals surface area contributed by atoms with Crippen LogP contribution in [0.4, 0.5) is 13.2 Å². The summed E-state index contributed by atoms with van der Waals surface area (Å²) in [6.45, 7) is 10.1. The quantitative estimate of drug-likeness (QED) is 0.303. The number of halogens is 4. The lowest BCUT2D eigenvalue weighted by Gasteiger charge is -2.41. The number of hydrogen-bond donors (Lipinski definition) is 0. The van der Waals surface area contributed by atoms with Crippen molar-refractivity contribution in [3.8, 4) is 0 Å². The van der Waals surface area contributed by atoms with E-state index in [1.54, 1.807) is 18.2 Å². The van der Waals surface area contributed by atoms with Gasteiger partial charge in [0, 0.05) is 21.9 Å². The lowest BCUT2D eigenvalue weighted by atomic mass is 9.62. The average molecular weight is 538 g/mol. The summed E-state index contributed by atoms with van der Waals surface area (Å²) in [6, 6.07) is 18.7. The van der Waals surface area contributed by atoms with E-state index in [4.69, 9.17) is 0 Å². The minimum atomic E-state index is -0.389. The number of rotatable bonds is 5. The van der Waals surface area contributed by atoms with E-state index < -0.39 is 0 Å². The Morgan fingerprint density at radius 1 is 0.771 bits per heavy atom. The van der Waals surface area contributed by atoms with Gasteiger partial charge >= 0.3 is 0 Å². The van der Waals surface area contributed by atoms with Gasteiger partial charge in [-0.25, -0.2) is 13.2 Å². The summed E-state index contributed by atoms with van der Waals surface area (Å²) in [5.74, 6) is -0.342. The lowest BCUT2D eigenvalue weighted by Crippen LogP contribution is -2.27. The van der Waals surface area contributed by atoms with Crippen molar-refractivity contribution >= 4 is 27.1 Å². The summed E-state index contributed by atoms with van der Waals surface area (Å²) in [6.07, 6.45) is 0. The van der Waals surface area contributed by atoms with E-state index in [0.717, 1.165) is 32.7 Å². The van der Waals surface area contributed by atoms with Crippen LogP contribution in [0.1, 0.15) is 55.9 Å². The maximum Gasteiger partial charge on any atom is 0.131 e. The Bertz CT molecular complexity index is 1300. The summed E-state index contributed by atoms with van der Waals surface area (Å²) in [5, 5.41) is 0. The van der Waals surface area contributed by atoms with Crippen molar-refractivity contribution in [2.45, 2.75) is 40.5 Å². The smallest absolute Gasteiger partial charge is 0.131 e. The Morgan fingerprint density at radius 3 is 2.00 bits per heavy atom. The molecule has 35 heavy (non-hydrogen) atoms. The predicted molar refractivity (Wildman–Crippen MR) is 142 cm³/mol. The van der Waals surface area contributed by atoms with Crippen LogP contribution in [0.5, 0.6) is 0 Å². The highest BCUT2D eigenvalue weighted by molar-refractivity contribution is 9.10. The molecule has 0 saturated carbocycles. The monoisotopic (exact) mass is 537 g/mol. The zero-order chi connectivity index (χ0) is 25.4. The van der Waals surface area contributed by atoms with Crippen LogP contribution in [0, 0.1) is 36.3 Å². The molecule has 3 aromatic rings. The van der Waals surface area contributed by atoms with Gasteiger partial charge in [0.25, 0.3) is 0 Å². The van der Waals surface area contributed by atoms with Gasteiger partial charge in [-0.1, -0.05) is 74.0 Å². The second-order valence-electron chi connectivity index (χ2n) is 9.74. The molecule has 0 amide bonds. The fourth-order valence-corrected chi connectivity index (χ4v) is 5.58. The van der Waals surface area contributed by atoms with Crippen molar-refractivity contribution in [3.63, 3.8) is 0 Å². The zero-order valence-corrected chi connectivity index (χ0v) is 22.2. The highest BCUT2D eigenvalue weighted by Crippen LogP contribution is 2.57. The molecule has 181 valence electrons. The first-order valence-corrected chi connectivity index (χ1v) is 12.7. The van der Waals surface area contributed by atoms with E-state index in [0.29, 0.717) is 16.7 Å². The van der Waals surface area contributed by atoms with Crippen molar-refractivity contribution in [1.82, 2.24) is 0 Å². The van der Waals surface area contributed by atoms with E-state index in [9.17, 15) is 8.78 Å². The largest absolute Gasteiger partial charge is 0.207 e. The van der Waals surface area contributed by atoms with Crippen LogP contribution in [0.15, 0.2) is 82.6 Å². The molecule has 0 N–H and O–H groups in total. The van der Waals surface area contributed by atoms with E-state index >= 15 is 4.39 Å². The van der Waals surface area contributed by atoms with E-state index in [2.05, 4.69) is 29.8 Å². The molecule has 1 atom stereocenters. The van der Waals surface area contributed by atoms with Crippen LogP contribution in [0.3, 0.4) is 0 Å². The molecule has 4 rings (SSSR count). The third-order valence-electron chi connectivity index (χ3n) is 6.63. The highest BCUT2D eigenvalue weighted by Gasteiger charge is 2.42. The Hall–Kier alpha value is -2.59. The molecule has 1 radical (unpaired) electrons. The van der Waals surface area contributed by atoms with Gasteiger partial charge in [0.1, 0.15) is 17.5 Å². The van der Waals surface area contributed by atoms with Gasteiger partial charge in [0.2, 0.25) is 0 Å². The lowest BCUT2D eigenvalue weighted by molar-refractivity contribution is 0.573. The van der Waals surface area contributed by atoms with Crippen LogP contribution in [0.2, 0.25) is 0 Å². The minimum Gasteiger partial charge on any atom is -0.207 e. The molecular weight excluding hydrogens is 509 g/mol. The molecule has 0 nitrogen and oxygen atoms in total. The molecule has 0 spiro atoms. The Labute approximate surface area is 214 Å². The van der Waals surface area contributed by atoms with Gasteiger partial charge in [0.15, 0.2) is 0 Å². The Balaban J connectivity index is 2.13. The fraction of sp³-hybridized carbons (Fsp3) is 0.258. The maximum atomic E-state index is 16.8. The molecule has 0 aliphatic heterocycles. The molecule has 4 heteroatoms. The molecule has 1 aliphatic carbocycles. The topological polar surface area (TPSA) is 0 Å². The van der Waals surface area contributed by atoms with Crippen molar-refractivity contribution in [3.05, 3.63) is 122 Å².